The average Bonchev–Trinajstić information content (AvgIpc) is 2.69. The molecular formula is C14H20FNO. The van der Waals surface area contributed by atoms with Gasteiger partial charge in [0.05, 0.1) is 6.61 Å². The Labute approximate surface area is 102 Å². The Balaban J connectivity index is 2.34. The molecule has 2 unspecified atom stereocenters. The van der Waals surface area contributed by atoms with Gasteiger partial charge in [0.25, 0.3) is 0 Å². The largest absolute Gasteiger partial charge is 0.392 e. The number of halogens is 1. The third kappa shape index (κ3) is 2.44. The number of hydrogen-bond acceptors (Lipinski definition) is 2. The van der Waals surface area contributed by atoms with E-state index in [1.807, 2.05) is 6.07 Å². The van der Waals surface area contributed by atoms with Gasteiger partial charge in [-0.15, -0.1) is 0 Å². The fraction of sp³-hybridized carbons (Fsp3) is 0.571. The van der Waals surface area contributed by atoms with Crippen LogP contribution in [0.25, 0.3) is 0 Å². The van der Waals surface area contributed by atoms with E-state index in [2.05, 4.69) is 18.7 Å². The van der Waals surface area contributed by atoms with Crippen LogP contribution in [0.3, 0.4) is 0 Å². The van der Waals surface area contributed by atoms with Crippen LogP contribution >= 0.6 is 0 Å². The van der Waals surface area contributed by atoms with E-state index in [4.69, 9.17) is 5.11 Å². The highest BCUT2D eigenvalue weighted by atomic mass is 19.1. The van der Waals surface area contributed by atoms with Crippen LogP contribution in [0.1, 0.15) is 38.7 Å². The van der Waals surface area contributed by atoms with E-state index in [1.165, 1.54) is 12.5 Å². The third-order valence-electron chi connectivity index (χ3n) is 3.68. The van der Waals surface area contributed by atoms with Gasteiger partial charge in [0.1, 0.15) is 5.82 Å². The first kappa shape index (κ1) is 12.4. The van der Waals surface area contributed by atoms with Crippen LogP contribution in [0.15, 0.2) is 18.2 Å². The van der Waals surface area contributed by atoms with E-state index < -0.39 is 0 Å². The number of hydrogen-bond donors (Lipinski definition) is 1. The molecule has 2 atom stereocenters. The maximum absolute atomic E-state index is 13.5. The number of benzene rings is 1. The minimum Gasteiger partial charge on any atom is -0.392 e. The van der Waals surface area contributed by atoms with Crippen molar-refractivity contribution < 1.29 is 9.50 Å². The van der Waals surface area contributed by atoms with Crippen molar-refractivity contribution in [3.05, 3.63) is 29.6 Å². The molecule has 1 aliphatic rings. The molecule has 1 aliphatic heterocycles. The summed E-state index contributed by atoms with van der Waals surface area (Å²) >= 11 is 0. The quantitative estimate of drug-likeness (QED) is 0.873. The maximum Gasteiger partial charge on any atom is 0.125 e. The monoisotopic (exact) mass is 237 g/mol. The Bertz CT molecular complexity index is 394. The summed E-state index contributed by atoms with van der Waals surface area (Å²) in [7, 11) is 0. The number of rotatable bonds is 3. The smallest absolute Gasteiger partial charge is 0.125 e. The molecule has 1 aromatic rings. The molecule has 3 heteroatoms. The van der Waals surface area contributed by atoms with Crippen LogP contribution in [0.4, 0.5) is 10.1 Å². The second kappa shape index (κ2) is 5.05. The third-order valence-corrected chi connectivity index (χ3v) is 3.68. The molecule has 1 saturated heterocycles. The maximum atomic E-state index is 13.5. The highest BCUT2D eigenvalue weighted by Crippen LogP contribution is 2.32. The van der Waals surface area contributed by atoms with Crippen molar-refractivity contribution >= 4 is 5.69 Å². The molecule has 0 radical (unpaired) electrons. The van der Waals surface area contributed by atoms with Gasteiger partial charge in [0.15, 0.2) is 0 Å². The molecular weight excluding hydrogens is 217 g/mol. The molecule has 1 N–H and O–H groups in total. The van der Waals surface area contributed by atoms with E-state index in [0.717, 1.165) is 18.5 Å². The molecule has 2 nitrogen and oxygen atoms in total. The van der Waals surface area contributed by atoms with Crippen molar-refractivity contribution in [1.29, 1.82) is 0 Å². The summed E-state index contributed by atoms with van der Waals surface area (Å²) < 4.78 is 13.5. The second-order valence-electron chi connectivity index (χ2n) is 4.87. The molecule has 94 valence electrons. The summed E-state index contributed by atoms with van der Waals surface area (Å²) in [6.07, 6.45) is 3.40. The van der Waals surface area contributed by atoms with Gasteiger partial charge in [-0.3, -0.25) is 0 Å². The Kier molecular flexibility index (Phi) is 3.67. The Morgan fingerprint density at radius 3 is 2.76 bits per heavy atom. The summed E-state index contributed by atoms with van der Waals surface area (Å²) in [5, 5.41) is 9.13. The molecule has 0 aliphatic carbocycles. The predicted octanol–water partition coefficient (Wildman–Crippen LogP) is 3.09. The summed E-state index contributed by atoms with van der Waals surface area (Å²) in [4.78, 5) is 2.29. The highest BCUT2D eigenvalue weighted by molar-refractivity contribution is 5.51. The van der Waals surface area contributed by atoms with E-state index in [9.17, 15) is 4.39 Å². The first-order chi connectivity index (χ1) is 8.15. The number of aliphatic hydroxyl groups is 1. The van der Waals surface area contributed by atoms with Gasteiger partial charge in [-0.25, -0.2) is 4.39 Å². The lowest BCUT2D eigenvalue weighted by Gasteiger charge is -2.30. The minimum atomic E-state index is -0.263. The highest BCUT2D eigenvalue weighted by Gasteiger charge is 2.29. The molecule has 1 heterocycles. The second-order valence-corrected chi connectivity index (χ2v) is 4.87. The average molecular weight is 237 g/mol. The van der Waals surface area contributed by atoms with Gasteiger partial charge in [-0.1, -0.05) is 6.92 Å². The summed E-state index contributed by atoms with van der Waals surface area (Å²) in [5.74, 6) is -0.263. The topological polar surface area (TPSA) is 23.5 Å². The zero-order valence-corrected chi connectivity index (χ0v) is 10.5. The molecule has 0 bridgehead atoms. The van der Waals surface area contributed by atoms with Crippen molar-refractivity contribution in [2.24, 2.45) is 0 Å². The zero-order valence-electron chi connectivity index (χ0n) is 10.5. The number of nitrogens with zero attached hydrogens (tertiary/aromatic N) is 1. The van der Waals surface area contributed by atoms with Crippen molar-refractivity contribution in [2.75, 3.05) is 4.90 Å². The summed E-state index contributed by atoms with van der Waals surface area (Å²) in [5.41, 5.74) is 1.56. The van der Waals surface area contributed by atoms with Gasteiger partial charge < -0.3 is 10.0 Å². The molecule has 1 aromatic carbocycles. The molecule has 2 rings (SSSR count). The number of anilines is 1. The molecule has 17 heavy (non-hydrogen) atoms. The van der Waals surface area contributed by atoms with Crippen LogP contribution < -0.4 is 4.90 Å². The van der Waals surface area contributed by atoms with E-state index in [1.54, 1.807) is 6.07 Å². The van der Waals surface area contributed by atoms with E-state index in [-0.39, 0.29) is 12.4 Å². The van der Waals surface area contributed by atoms with Gasteiger partial charge in [-0.05, 0) is 49.9 Å². The normalized spacial score (nSPS) is 24.4. The van der Waals surface area contributed by atoms with E-state index in [0.29, 0.717) is 17.6 Å². The predicted molar refractivity (Wildman–Crippen MR) is 67.6 cm³/mol. The molecule has 1 fully saturated rings. The zero-order chi connectivity index (χ0) is 12.4. The standard InChI is InChI=1S/C14H20FNO/c1-3-13-5-4-10(2)16(13)14-7-11(9-17)6-12(15)8-14/h6-8,10,13,17H,3-5,9H2,1-2H3. The van der Waals surface area contributed by atoms with E-state index >= 15 is 0 Å². The summed E-state index contributed by atoms with van der Waals surface area (Å²) in [6, 6.07) is 5.81. The molecule has 0 spiro atoms. The molecule has 0 aromatic heterocycles. The number of aliphatic hydroxyl groups excluding tert-OH is 1. The van der Waals surface area contributed by atoms with Gasteiger partial charge >= 0.3 is 0 Å². The van der Waals surface area contributed by atoms with Gasteiger partial charge in [0.2, 0.25) is 0 Å². The minimum absolute atomic E-state index is 0.107. The fourth-order valence-corrected chi connectivity index (χ4v) is 2.81. The van der Waals surface area contributed by atoms with Crippen LogP contribution in [0.2, 0.25) is 0 Å². The van der Waals surface area contributed by atoms with Crippen molar-refractivity contribution in [2.45, 2.75) is 51.8 Å². The van der Waals surface area contributed by atoms with Gasteiger partial charge in [-0.2, -0.15) is 0 Å². The van der Waals surface area contributed by atoms with Crippen LogP contribution in [-0.4, -0.2) is 17.2 Å². The van der Waals surface area contributed by atoms with Crippen LogP contribution in [0, 0.1) is 5.82 Å². The lowest BCUT2D eigenvalue weighted by Crippen LogP contribution is -2.34. The molecule has 0 saturated carbocycles. The van der Waals surface area contributed by atoms with Gasteiger partial charge in [0, 0.05) is 17.8 Å². The first-order valence-corrected chi connectivity index (χ1v) is 6.34. The lowest BCUT2D eigenvalue weighted by molar-refractivity contribution is 0.281. The lowest BCUT2D eigenvalue weighted by atomic mass is 10.1. The van der Waals surface area contributed by atoms with Crippen LogP contribution in [-0.2, 0) is 6.61 Å². The fourth-order valence-electron chi connectivity index (χ4n) is 2.81. The Morgan fingerprint density at radius 1 is 1.35 bits per heavy atom. The van der Waals surface area contributed by atoms with Crippen LogP contribution in [0.5, 0.6) is 0 Å². The SMILES string of the molecule is CCC1CCC(C)N1c1cc(F)cc(CO)c1. The Hall–Kier alpha value is -1.09. The van der Waals surface area contributed by atoms with Crippen molar-refractivity contribution in [1.82, 2.24) is 0 Å². The van der Waals surface area contributed by atoms with Crippen molar-refractivity contribution in [3.63, 3.8) is 0 Å². The first-order valence-electron chi connectivity index (χ1n) is 6.34. The summed E-state index contributed by atoms with van der Waals surface area (Å²) in [6.45, 7) is 4.24. The Morgan fingerprint density at radius 2 is 2.12 bits per heavy atom. The van der Waals surface area contributed by atoms with Crippen molar-refractivity contribution in [3.8, 4) is 0 Å². The molecule has 0 amide bonds.